The van der Waals surface area contributed by atoms with Crippen LogP contribution in [0.3, 0.4) is 0 Å². The van der Waals surface area contributed by atoms with Crippen LogP contribution in [0.15, 0.2) is 46.9 Å². The Bertz CT molecular complexity index is 844. The Morgan fingerprint density at radius 3 is 2.67 bits per heavy atom. The van der Waals surface area contributed by atoms with Crippen LogP contribution in [-0.2, 0) is 9.59 Å². The average molecular weight is 452 g/mol. The molecule has 0 saturated carbocycles. The molecule has 2 aromatic carbocycles. The summed E-state index contributed by atoms with van der Waals surface area (Å²) >= 11 is 9.32. The average Bonchev–Trinajstić information content (AvgIpc) is 3.12. The zero-order valence-electron chi connectivity index (χ0n) is 14.7. The van der Waals surface area contributed by atoms with E-state index >= 15 is 0 Å². The van der Waals surface area contributed by atoms with Gasteiger partial charge in [0.05, 0.1) is 18.5 Å². The molecule has 0 radical (unpaired) electrons. The molecular weight excluding hydrogens is 432 g/mol. The topological polar surface area (TPSA) is 82.3 Å². The van der Waals surface area contributed by atoms with E-state index in [0.29, 0.717) is 11.6 Å². The molecule has 0 aromatic heterocycles. The van der Waals surface area contributed by atoms with Crippen LogP contribution in [0.25, 0.3) is 0 Å². The van der Waals surface area contributed by atoms with E-state index in [-0.39, 0.29) is 30.3 Å². The van der Waals surface area contributed by atoms with Crippen molar-refractivity contribution in [2.45, 2.75) is 13.0 Å². The Kier molecular flexibility index (Phi) is 6.49. The smallest absolute Gasteiger partial charge is 0.243 e. The molecule has 27 heavy (non-hydrogen) atoms. The van der Waals surface area contributed by atoms with Crippen molar-refractivity contribution in [2.75, 3.05) is 18.4 Å². The predicted molar refractivity (Wildman–Crippen MR) is 109 cm³/mol. The molecule has 1 heterocycles. The van der Waals surface area contributed by atoms with Gasteiger partial charge in [-0.3, -0.25) is 15.0 Å². The Balaban J connectivity index is 1.56. The molecule has 2 aromatic rings. The summed E-state index contributed by atoms with van der Waals surface area (Å²) in [5.41, 5.74) is 8.73. The van der Waals surface area contributed by atoms with Crippen LogP contribution in [-0.4, -0.2) is 24.9 Å². The maximum absolute atomic E-state index is 12.6. The molecule has 1 saturated heterocycles. The SMILES string of the molecule is Cc1cc(Br)ccc1NC(=O)CNC(=O)C1CNNC1c1ccc(Cl)cc1. The molecule has 1 aliphatic heterocycles. The van der Waals surface area contributed by atoms with Gasteiger partial charge in [0.25, 0.3) is 0 Å². The minimum absolute atomic E-state index is 0.0851. The molecule has 2 amide bonds. The van der Waals surface area contributed by atoms with Crippen LogP contribution < -0.4 is 21.5 Å². The number of aryl methyl sites for hydroxylation is 1. The quantitative estimate of drug-likeness (QED) is 0.563. The lowest BCUT2D eigenvalue weighted by Gasteiger charge is -2.18. The summed E-state index contributed by atoms with van der Waals surface area (Å²) in [6, 6.07) is 12.8. The lowest BCUT2D eigenvalue weighted by atomic mass is 9.94. The van der Waals surface area contributed by atoms with Crippen molar-refractivity contribution in [3.05, 3.63) is 63.1 Å². The molecule has 8 heteroatoms. The van der Waals surface area contributed by atoms with Crippen LogP contribution >= 0.6 is 27.5 Å². The number of hydrogen-bond acceptors (Lipinski definition) is 4. The fourth-order valence-electron chi connectivity index (χ4n) is 2.99. The second-order valence-electron chi connectivity index (χ2n) is 6.39. The first kappa shape index (κ1) is 19.8. The fraction of sp³-hybridized carbons (Fsp3) is 0.263. The van der Waals surface area contributed by atoms with Crippen molar-refractivity contribution >= 4 is 45.0 Å². The van der Waals surface area contributed by atoms with Gasteiger partial charge in [-0.1, -0.05) is 39.7 Å². The second kappa shape index (κ2) is 8.84. The fourth-order valence-corrected chi connectivity index (χ4v) is 3.59. The molecule has 3 rings (SSSR count). The van der Waals surface area contributed by atoms with Crippen LogP contribution in [0.2, 0.25) is 5.02 Å². The predicted octanol–water partition coefficient (Wildman–Crippen LogP) is 2.93. The number of carbonyl (C=O) groups is 2. The van der Waals surface area contributed by atoms with E-state index in [1.807, 2.05) is 37.3 Å². The number of anilines is 1. The van der Waals surface area contributed by atoms with Gasteiger partial charge in [0.15, 0.2) is 0 Å². The molecule has 0 spiro atoms. The third-order valence-corrected chi connectivity index (χ3v) is 5.18. The zero-order valence-corrected chi connectivity index (χ0v) is 17.0. The number of hydrogen-bond donors (Lipinski definition) is 4. The molecular formula is C19H20BrClN4O2. The number of nitrogens with one attached hydrogen (secondary N) is 4. The van der Waals surface area contributed by atoms with Gasteiger partial charge in [-0.05, 0) is 48.4 Å². The third-order valence-electron chi connectivity index (χ3n) is 4.43. The first-order chi connectivity index (χ1) is 12.9. The highest BCUT2D eigenvalue weighted by molar-refractivity contribution is 9.10. The van der Waals surface area contributed by atoms with Gasteiger partial charge >= 0.3 is 0 Å². The van der Waals surface area contributed by atoms with E-state index in [0.717, 1.165) is 21.3 Å². The Morgan fingerprint density at radius 1 is 1.22 bits per heavy atom. The monoisotopic (exact) mass is 450 g/mol. The van der Waals surface area contributed by atoms with Crippen molar-refractivity contribution < 1.29 is 9.59 Å². The minimum Gasteiger partial charge on any atom is -0.347 e. The number of halogens is 2. The summed E-state index contributed by atoms with van der Waals surface area (Å²) in [4.78, 5) is 24.7. The Hall–Kier alpha value is -1.93. The zero-order chi connectivity index (χ0) is 19.4. The first-order valence-electron chi connectivity index (χ1n) is 8.51. The first-order valence-corrected chi connectivity index (χ1v) is 9.68. The van der Waals surface area contributed by atoms with Crippen LogP contribution in [0.1, 0.15) is 17.2 Å². The lowest BCUT2D eigenvalue weighted by molar-refractivity contribution is -0.127. The Morgan fingerprint density at radius 2 is 1.96 bits per heavy atom. The summed E-state index contributed by atoms with van der Waals surface area (Å²) in [6.45, 7) is 2.30. The molecule has 1 aliphatic rings. The van der Waals surface area contributed by atoms with E-state index < -0.39 is 0 Å². The van der Waals surface area contributed by atoms with E-state index in [4.69, 9.17) is 11.6 Å². The van der Waals surface area contributed by atoms with Gasteiger partial charge in [-0.15, -0.1) is 0 Å². The van der Waals surface area contributed by atoms with Gasteiger partial charge < -0.3 is 10.6 Å². The molecule has 1 fully saturated rings. The maximum atomic E-state index is 12.6. The summed E-state index contributed by atoms with van der Waals surface area (Å²) < 4.78 is 0.945. The summed E-state index contributed by atoms with van der Waals surface area (Å²) in [6.07, 6.45) is 0. The number of hydrazine groups is 1. The molecule has 0 bridgehead atoms. The van der Waals surface area contributed by atoms with E-state index in [1.54, 1.807) is 12.1 Å². The van der Waals surface area contributed by atoms with E-state index in [1.165, 1.54) is 0 Å². The maximum Gasteiger partial charge on any atom is 0.243 e. The van der Waals surface area contributed by atoms with Crippen molar-refractivity contribution in [1.29, 1.82) is 0 Å². The number of carbonyl (C=O) groups excluding carboxylic acids is 2. The molecule has 2 unspecified atom stereocenters. The van der Waals surface area contributed by atoms with Gasteiger partial charge in [-0.25, -0.2) is 5.43 Å². The Labute approximate surface area is 171 Å². The standard InChI is InChI=1S/C19H20BrClN4O2/c1-11-8-13(20)4-7-16(11)24-17(26)10-22-19(27)15-9-23-25-18(15)12-2-5-14(21)6-3-12/h2-8,15,18,23,25H,9-10H2,1H3,(H,22,27)(H,24,26). The highest BCUT2D eigenvalue weighted by Crippen LogP contribution is 2.26. The van der Waals surface area contributed by atoms with Gasteiger partial charge in [0.2, 0.25) is 11.8 Å². The van der Waals surface area contributed by atoms with Crippen LogP contribution in [0.4, 0.5) is 5.69 Å². The molecule has 142 valence electrons. The lowest BCUT2D eigenvalue weighted by Crippen LogP contribution is -2.39. The highest BCUT2D eigenvalue weighted by Gasteiger charge is 2.33. The van der Waals surface area contributed by atoms with E-state index in [9.17, 15) is 9.59 Å². The second-order valence-corrected chi connectivity index (χ2v) is 7.74. The number of rotatable bonds is 5. The molecule has 6 nitrogen and oxygen atoms in total. The summed E-state index contributed by atoms with van der Waals surface area (Å²) in [5.74, 6) is -0.778. The number of benzene rings is 2. The number of amides is 2. The van der Waals surface area contributed by atoms with Crippen molar-refractivity contribution in [3.8, 4) is 0 Å². The van der Waals surface area contributed by atoms with E-state index in [2.05, 4.69) is 37.4 Å². The molecule has 0 aliphatic carbocycles. The van der Waals surface area contributed by atoms with Crippen molar-refractivity contribution in [3.63, 3.8) is 0 Å². The summed E-state index contributed by atoms with van der Waals surface area (Å²) in [7, 11) is 0. The van der Waals surface area contributed by atoms with Crippen molar-refractivity contribution in [1.82, 2.24) is 16.2 Å². The van der Waals surface area contributed by atoms with Crippen LogP contribution in [0.5, 0.6) is 0 Å². The van der Waals surface area contributed by atoms with Crippen LogP contribution in [0, 0.1) is 12.8 Å². The summed E-state index contributed by atoms with van der Waals surface area (Å²) in [5, 5.41) is 6.18. The molecule has 4 N–H and O–H groups in total. The largest absolute Gasteiger partial charge is 0.347 e. The normalized spacial score (nSPS) is 18.9. The van der Waals surface area contributed by atoms with Gasteiger partial charge in [0.1, 0.15) is 0 Å². The van der Waals surface area contributed by atoms with Crippen molar-refractivity contribution in [2.24, 2.45) is 5.92 Å². The highest BCUT2D eigenvalue weighted by atomic mass is 79.9. The third kappa shape index (κ3) is 5.07. The van der Waals surface area contributed by atoms with Gasteiger partial charge in [-0.2, -0.15) is 0 Å². The molecule has 2 atom stereocenters. The van der Waals surface area contributed by atoms with Gasteiger partial charge in [0, 0.05) is 21.7 Å². The minimum atomic E-state index is -0.326.